The first-order valence-electron chi connectivity index (χ1n) is 8.32. The van der Waals surface area contributed by atoms with Gasteiger partial charge in [-0.05, 0) is 11.6 Å². The van der Waals surface area contributed by atoms with Gasteiger partial charge < -0.3 is 29.7 Å². The molecule has 2 fully saturated rings. The predicted molar refractivity (Wildman–Crippen MR) is 99.4 cm³/mol. The molecule has 2 heterocycles. The SMILES string of the molecule is O=C(N[C@@H]1[CH-]O[C@H](CO)C1O)OC1CSSCC1OCc1ccccc1.[U]. The Hall–Kier alpha value is 0.0819. The maximum absolute atomic E-state index is 12.2. The van der Waals surface area contributed by atoms with E-state index >= 15 is 0 Å². The Labute approximate surface area is 190 Å². The number of amides is 1. The van der Waals surface area contributed by atoms with Gasteiger partial charge in [0, 0.05) is 42.6 Å². The van der Waals surface area contributed by atoms with Gasteiger partial charge in [-0.15, -0.1) is 0 Å². The molecule has 0 saturated carbocycles. The van der Waals surface area contributed by atoms with Crippen LogP contribution in [0.2, 0.25) is 0 Å². The van der Waals surface area contributed by atoms with E-state index in [4.69, 9.17) is 19.3 Å². The normalized spacial score (nSPS) is 30.4. The maximum atomic E-state index is 12.2. The fourth-order valence-corrected chi connectivity index (χ4v) is 5.08. The average molecular weight is 639 g/mol. The molecule has 0 spiro atoms. The zero-order chi connectivity index (χ0) is 18.4. The molecule has 3 rings (SSSR count). The van der Waals surface area contributed by atoms with Gasteiger partial charge in [-0.2, -0.15) is 6.61 Å². The summed E-state index contributed by atoms with van der Waals surface area (Å²) < 4.78 is 16.6. The molecule has 148 valence electrons. The van der Waals surface area contributed by atoms with Crippen LogP contribution in [-0.2, 0) is 20.8 Å². The molecule has 1 amide bonds. The number of benzene rings is 1. The summed E-state index contributed by atoms with van der Waals surface area (Å²) in [5, 5.41) is 21.6. The minimum Gasteiger partial charge on any atom is -0.544 e. The number of hydrogen-bond acceptors (Lipinski definition) is 8. The molecule has 10 heteroatoms. The number of ether oxygens (including phenoxy) is 3. The third kappa shape index (κ3) is 6.82. The van der Waals surface area contributed by atoms with Crippen molar-refractivity contribution >= 4 is 27.7 Å². The molecule has 0 bridgehead atoms. The number of rotatable bonds is 6. The summed E-state index contributed by atoms with van der Waals surface area (Å²) in [6.45, 7) is 1.44. The summed E-state index contributed by atoms with van der Waals surface area (Å²) in [6.07, 6.45) is -2.96. The van der Waals surface area contributed by atoms with Crippen LogP contribution < -0.4 is 5.32 Å². The zero-order valence-corrected chi connectivity index (χ0v) is 20.3. The van der Waals surface area contributed by atoms with E-state index in [1.807, 2.05) is 30.3 Å². The number of carbonyl (C=O) groups is 1. The first-order valence-corrected chi connectivity index (χ1v) is 10.8. The van der Waals surface area contributed by atoms with Gasteiger partial charge >= 0.3 is 6.09 Å². The topological polar surface area (TPSA) is 97.3 Å². The molecule has 1 aromatic carbocycles. The summed E-state index contributed by atoms with van der Waals surface area (Å²) in [5.74, 6) is 1.35. The monoisotopic (exact) mass is 638 g/mol. The second-order valence-corrected chi connectivity index (χ2v) is 8.55. The summed E-state index contributed by atoms with van der Waals surface area (Å²) in [6, 6.07) is 9.12. The minimum absolute atomic E-state index is 0. The molecule has 0 radical (unpaired) electrons. The summed E-state index contributed by atoms with van der Waals surface area (Å²) in [5.41, 5.74) is 1.06. The van der Waals surface area contributed by atoms with Crippen LogP contribution in [0.4, 0.5) is 4.79 Å². The Bertz CT molecular complexity index is 584. The fourth-order valence-electron chi connectivity index (χ4n) is 2.64. The smallest absolute Gasteiger partial charge is 0.405 e. The molecule has 2 aliphatic heterocycles. The van der Waals surface area contributed by atoms with Crippen LogP contribution in [0, 0.1) is 37.7 Å². The van der Waals surface area contributed by atoms with Crippen LogP contribution >= 0.6 is 21.6 Å². The van der Waals surface area contributed by atoms with Gasteiger partial charge in [0.2, 0.25) is 0 Å². The number of hydrogen-bond donors (Lipinski definition) is 3. The fraction of sp³-hybridized carbons (Fsp3) is 0.529. The molecule has 27 heavy (non-hydrogen) atoms. The van der Waals surface area contributed by atoms with Gasteiger partial charge in [0.1, 0.15) is 12.2 Å². The van der Waals surface area contributed by atoms with E-state index in [1.54, 1.807) is 21.6 Å². The van der Waals surface area contributed by atoms with Gasteiger partial charge in [0.15, 0.2) is 0 Å². The van der Waals surface area contributed by atoms with Gasteiger partial charge in [0.25, 0.3) is 0 Å². The van der Waals surface area contributed by atoms with E-state index in [1.165, 1.54) is 6.61 Å². The first kappa shape index (κ1) is 23.4. The van der Waals surface area contributed by atoms with E-state index in [9.17, 15) is 9.90 Å². The second kappa shape index (κ2) is 11.9. The van der Waals surface area contributed by atoms with Crippen LogP contribution in [0.15, 0.2) is 30.3 Å². The molecule has 3 unspecified atom stereocenters. The van der Waals surface area contributed by atoms with Crippen molar-refractivity contribution in [1.82, 2.24) is 5.32 Å². The molecular weight excluding hydrogens is 616 g/mol. The zero-order valence-electron chi connectivity index (χ0n) is 14.5. The predicted octanol–water partition coefficient (Wildman–Crippen LogP) is 1.34. The van der Waals surface area contributed by atoms with Crippen molar-refractivity contribution in [3.8, 4) is 0 Å². The quantitative estimate of drug-likeness (QED) is 0.318. The van der Waals surface area contributed by atoms with Crippen LogP contribution in [0.1, 0.15) is 5.56 Å². The number of aliphatic hydroxyl groups excluding tert-OH is 2. The van der Waals surface area contributed by atoms with Crippen LogP contribution in [-0.4, -0.2) is 64.9 Å². The molecular formula is C17H22NO6S2U-. The van der Waals surface area contributed by atoms with E-state index in [-0.39, 0.29) is 49.9 Å². The minimum atomic E-state index is -1.01. The van der Waals surface area contributed by atoms with Crippen molar-refractivity contribution in [2.75, 3.05) is 18.1 Å². The number of alkyl carbamates (subject to hydrolysis) is 1. The Morgan fingerprint density at radius 2 is 1.96 bits per heavy atom. The molecule has 2 saturated heterocycles. The number of carbonyl (C=O) groups excluding carboxylic acids is 1. The van der Waals surface area contributed by atoms with Crippen molar-refractivity contribution in [1.29, 1.82) is 0 Å². The number of aliphatic hydroxyl groups is 2. The maximum Gasteiger partial charge on any atom is 0.405 e. The van der Waals surface area contributed by atoms with Gasteiger partial charge in [-0.1, -0.05) is 51.9 Å². The largest absolute Gasteiger partial charge is 0.544 e. The Balaban J connectivity index is 0.00000261. The van der Waals surface area contributed by atoms with Crippen LogP contribution in [0.5, 0.6) is 0 Å². The molecule has 2 aliphatic rings. The summed E-state index contributed by atoms with van der Waals surface area (Å²) in [7, 11) is 3.33. The molecule has 7 nitrogen and oxygen atoms in total. The standard InChI is InChI=1S/C17H22NO6S2.U/c19-6-13-16(20)12(8-23-13)18-17(21)24-15-10-26-25-9-14(15)22-7-11-4-2-1-3-5-11;/h1-5,8,12-16,19-20H,6-7,9-10H2,(H,18,21);/q-1;/t12-,13-,14?,15?,16?;/m1./s1. The third-order valence-electron chi connectivity index (χ3n) is 4.14. The van der Waals surface area contributed by atoms with E-state index in [0.717, 1.165) is 11.3 Å². The van der Waals surface area contributed by atoms with E-state index in [0.29, 0.717) is 12.4 Å². The van der Waals surface area contributed by atoms with Crippen molar-refractivity contribution < 1.29 is 60.3 Å². The molecule has 3 N–H and O–H groups in total. The first-order chi connectivity index (χ1) is 12.7. The number of nitrogens with one attached hydrogen (secondary N) is 1. The molecule has 1 aromatic rings. The van der Waals surface area contributed by atoms with Crippen molar-refractivity contribution in [2.24, 2.45) is 0 Å². The van der Waals surface area contributed by atoms with Gasteiger partial charge in [0.05, 0.1) is 25.4 Å². The van der Waals surface area contributed by atoms with E-state index < -0.39 is 24.3 Å². The van der Waals surface area contributed by atoms with Gasteiger partial charge in [-0.25, -0.2) is 4.79 Å². The van der Waals surface area contributed by atoms with Crippen molar-refractivity contribution in [2.45, 2.75) is 37.1 Å². The van der Waals surface area contributed by atoms with E-state index in [2.05, 4.69) is 5.32 Å². The second-order valence-electron chi connectivity index (χ2n) is 6.00. The van der Waals surface area contributed by atoms with Crippen molar-refractivity contribution in [3.05, 3.63) is 42.5 Å². The Kier molecular flexibility index (Phi) is 10.3. The summed E-state index contributed by atoms with van der Waals surface area (Å²) >= 11 is 0. The summed E-state index contributed by atoms with van der Waals surface area (Å²) in [4.78, 5) is 12.2. The average Bonchev–Trinajstić information content (AvgIpc) is 3.01. The van der Waals surface area contributed by atoms with Gasteiger partial charge in [-0.3, -0.25) is 0 Å². The Morgan fingerprint density at radius 1 is 1.26 bits per heavy atom. The van der Waals surface area contributed by atoms with Crippen LogP contribution in [0.25, 0.3) is 0 Å². The third-order valence-corrected chi connectivity index (χ3v) is 6.55. The molecule has 5 atom stereocenters. The Morgan fingerprint density at radius 3 is 2.63 bits per heavy atom. The molecule has 0 aromatic heterocycles. The molecule has 0 aliphatic carbocycles. The van der Waals surface area contributed by atoms with Crippen LogP contribution in [0.3, 0.4) is 0 Å². The van der Waals surface area contributed by atoms with Crippen molar-refractivity contribution in [3.63, 3.8) is 0 Å².